The number of halogens is 2. The van der Waals surface area contributed by atoms with Crippen molar-refractivity contribution in [1.82, 2.24) is 0 Å². The third kappa shape index (κ3) is 3.29. The van der Waals surface area contributed by atoms with Crippen LogP contribution in [0.4, 0.5) is 0 Å². The Bertz CT molecular complexity index is 292. The summed E-state index contributed by atoms with van der Waals surface area (Å²) in [5.74, 6) is 0. The molecule has 2 N–H and O–H groups in total. The average molecular weight is 308 g/mol. The molecule has 0 saturated carbocycles. The lowest BCUT2D eigenvalue weighted by molar-refractivity contribution is 0.741. The molecular weight excluding hydrogens is 296 g/mol. The monoisotopic (exact) mass is 307 g/mol. The highest BCUT2D eigenvalue weighted by molar-refractivity contribution is 14.1. The van der Waals surface area contributed by atoms with E-state index >= 15 is 0 Å². The van der Waals surface area contributed by atoms with Crippen LogP contribution in [0.15, 0.2) is 30.9 Å². The maximum atomic E-state index is 5.91. The second-order valence-electron chi connectivity index (χ2n) is 2.83. The van der Waals surface area contributed by atoms with Crippen LogP contribution in [0.2, 0.25) is 5.02 Å². The molecule has 1 atom stereocenters. The number of hydrogen-bond acceptors (Lipinski definition) is 1. The Morgan fingerprint density at radius 1 is 1.54 bits per heavy atom. The number of hydrogen-bond donors (Lipinski definition) is 1. The van der Waals surface area contributed by atoms with Crippen LogP contribution in [0.25, 0.3) is 0 Å². The predicted molar refractivity (Wildman–Crippen MR) is 65.9 cm³/mol. The van der Waals surface area contributed by atoms with Gasteiger partial charge in [0, 0.05) is 14.6 Å². The number of nitrogens with two attached hydrogens (primary N) is 1. The molecule has 3 heteroatoms. The van der Waals surface area contributed by atoms with Crippen molar-refractivity contribution in [3.63, 3.8) is 0 Å². The van der Waals surface area contributed by atoms with Crippen LogP contribution in [0.1, 0.15) is 18.0 Å². The van der Waals surface area contributed by atoms with E-state index in [0.29, 0.717) is 0 Å². The highest BCUT2D eigenvalue weighted by atomic mass is 127. The largest absolute Gasteiger partial charge is 0.324 e. The van der Waals surface area contributed by atoms with Crippen LogP contribution in [-0.4, -0.2) is 0 Å². The van der Waals surface area contributed by atoms with Crippen LogP contribution < -0.4 is 5.73 Å². The highest BCUT2D eigenvalue weighted by Gasteiger charge is 2.05. The van der Waals surface area contributed by atoms with Crippen LogP contribution >= 0.6 is 34.2 Å². The Labute approximate surface area is 97.1 Å². The molecule has 1 aromatic carbocycles. The molecule has 1 aromatic rings. The van der Waals surface area contributed by atoms with Crippen molar-refractivity contribution in [2.45, 2.75) is 12.5 Å². The van der Waals surface area contributed by atoms with Gasteiger partial charge in [0.05, 0.1) is 0 Å². The summed E-state index contributed by atoms with van der Waals surface area (Å²) < 4.78 is 1.11. The van der Waals surface area contributed by atoms with E-state index in [-0.39, 0.29) is 6.04 Å². The molecule has 0 saturated heterocycles. The fourth-order valence-corrected chi connectivity index (χ4v) is 2.23. The van der Waals surface area contributed by atoms with Gasteiger partial charge >= 0.3 is 0 Å². The summed E-state index contributed by atoms with van der Waals surface area (Å²) in [6.45, 7) is 3.66. The molecule has 0 aliphatic heterocycles. The van der Waals surface area contributed by atoms with E-state index < -0.39 is 0 Å². The lowest BCUT2D eigenvalue weighted by atomic mass is 10.1. The summed E-state index contributed by atoms with van der Waals surface area (Å²) >= 11 is 8.14. The Hall–Kier alpha value is -0.0600. The zero-order valence-electron chi connectivity index (χ0n) is 7.13. The fraction of sp³-hybridized carbons (Fsp3) is 0.200. The Morgan fingerprint density at radius 3 is 2.77 bits per heavy atom. The summed E-state index contributed by atoms with van der Waals surface area (Å²) in [7, 11) is 0. The van der Waals surface area contributed by atoms with Gasteiger partial charge in [0.2, 0.25) is 0 Å². The van der Waals surface area contributed by atoms with Gasteiger partial charge in [-0.2, -0.15) is 0 Å². The van der Waals surface area contributed by atoms with Crippen molar-refractivity contribution in [3.05, 3.63) is 45.0 Å². The van der Waals surface area contributed by atoms with Crippen molar-refractivity contribution in [3.8, 4) is 0 Å². The van der Waals surface area contributed by atoms with E-state index in [2.05, 4.69) is 29.2 Å². The van der Waals surface area contributed by atoms with E-state index in [0.717, 1.165) is 20.6 Å². The molecule has 0 spiro atoms. The molecule has 0 amide bonds. The summed E-state index contributed by atoms with van der Waals surface area (Å²) in [6, 6.07) is 5.86. The molecule has 0 heterocycles. The maximum absolute atomic E-state index is 5.91. The standard InChI is InChI=1S/C10H11ClIN/c1-2-3-10(13)7-4-8(11)6-9(12)5-7/h2,4-6,10H,1,3,13H2/t10-/m1/s1. The van der Waals surface area contributed by atoms with Crippen LogP contribution in [0, 0.1) is 3.57 Å². The van der Waals surface area contributed by atoms with Gasteiger partial charge in [-0.15, -0.1) is 6.58 Å². The molecule has 13 heavy (non-hydrogen) atoms. The molecule has 0 unspecified atom stereocenters. The summed E-state index contributed by atoms with van der Waals surface area (Å²) in [6.07, 6.45) is 2.59. The van der Waals surface area contributed by atoms with E-state index in [1.807, 2.05) is 24.3 Å². The van der Waals surface area contributed by atoms with Gasteiger partial charge in [0.1, 0.15) is 0 Å². The molecule has 0 radical (unpaired) electrons. The van der Waals surface area contributed by atoms with E-state index in [1.54, 1.807) is 0 Å². The molecule has 0 aliphatic rings. The lowest BCUT2D eigenvalue weighted by Crippen LogP contribution is -2.09. The first-order chi connectivity index (χ1) is 6.13. The van der Waals surface area contributed by atoms with Gasteiger partial charge in [-0.25, -0.2) is 0 Å². The van der Waals surface area contributed by atoms with E-state index in [9.17, 15) is 0 Å². The predicted octanol–water partition coefficient (Wildman–Crippen LogP) is 3.52. The summed E-state index contributed by atoms with van der Waals surface area (Å²) in [5.41, 5.74) is 6.98. The van der Waals surface area contributed by atoms with Crippen LogP contribution in [0.3, 0.4) is 0 Å². The highest BCUT2D eigenvalue weighted by Crippen LogP contribution is 2.22. The minimum Gasteiger partial charge on any atom is -0.324 e. The molecule has 0 fully saturated rings. The topological polar surface area (TPSA) is 26.0 Å². The quantitative estimate of drug-likeness (QED) is 0.671. The average Bonchev–Trinajstić information content (AvgIpc) is 2.03. The van der Waals surface area contributed by atoms with Crippen molar-refractivity contribution in [1.29, 1.82) is 0 Å². The Balaban J connectivity index is 2.93. The van der Waals surface area contributed by atoms with Gasteiger partial charge in [0.25, 0.3) is 0 Å². The minimum absolute atomic E-state index is 0.00437. The molecular formula is C10H11ClIN. The van der Waals surface area contributed by atoms with Crippen molar-refractivity contribution in [2.75, 3.05) is 0 Å². The van der Waals surface area contributed by atoms with Gasteiger partial charge in [-0.1, -0.05) is 17.7 Å². The second-order valence-corrected chi connectivity index (χ2v) is 4.52. The SMILES string of the molecule is C=CC[C@@H](N)c1cc(Cl)cc(I)c1. The molecule has 0 aliphatic carbocycles. The summed E-state index contributed by atoms with van der Waals surface area (Å²) in [5, 5.41) is 0.737. The summed E-state index contributed by atoms with van der Waals surface area (Å²) in [4.78, 5) is 0. The van der Waals surface area contributed by atoms with Crippen molar-refractivity contribution >= 4 is 34.2 Å². The zero-order chi connectivity index (χ0) is 9.84. The molecule has 0 bridgehead atoms. The van der Waals surface area contributed by atoms with Gasteiger partial charge in [-0.05, 0) is 52.8 Å². The number of benzene rings is 1. The fourth-order valence-electron chi connectivity index (χ4n) is 1.10. The molecule has 1 rings (SSSR count). The first-order valence-electron chi connectivity index (χ1n) is 3.96. The van der Waals surface area contributed by atoms with E-state index in [1.165, 1.54) is 0 Å². The lowest BCUT2D eigenvalue weighted by Gasteiger charge is -2.10. The van der Waals surface area contributed by atoms with Crippen LogP contribution in [0.5, 0.6) is 0 Å². The Morgan fingerprint density at radius 2 is 2.23 bits per heavy atom. The molecule has 0 aromatic heterocycles. The van der Waals surface area contributed by atoms with Crippen molar-refractivity contribution in [2.24, 2.45) is 5.73 Å². The maximum Gasteiger partial charge on any atom is 0.0419 e. The van der Waals surface area contributed by atoms with Crippen LogP contribution in [-0.2, 0) is 0 Å². The number of rotatable bonds is 3. The van der Waals surface area contributed by atoms with Gasteiger partial charge in [-0.3, -0.25) is 0 Å². The smallest absolute Gasteiger partial charge is 0.0419 e. The first-order valence-corrected chi connectivity index (χ1v) is 5.41. The zero-order valence-corrected chi connectivity index (χ0v) is 10.0. The molecule has 70 valence electrons. The minimum atomic E-state index is 0.00437. The first kappa shape index (κ1) is 11.0. The Kier molecular flexibility index (Phi) is 4.22. The van der Waals surface area contributed by atoms with Crippen molar-refractivity contribution < 1.29 is 0 Å². The molecule has 1 nitrogen and oxygen atoms in total. The normalized spacial score (nSPS) is 12.5. The van der Waals surface area contributed by atoms with Gasteiger partial charge < -0.3 is 5.73 Å². The van der Waals surface area contributed by atoms with E-state index in [4.69, 9.17) is 17.3 Å². The third-order valence-electron chi connectivity index (χ3n) is 1.73. The third-order valence-corrected chi connectivity index (χ3v) is 2.57. The second kappa shape index (κ2) is 4.98. The van der Waals surface area contributed by atoms with Gasteiger partial charge in [0.15, 0.2) is 0 Å².